The first-order valence-corrected chi connectivity index (χ1v) is 11.5. The molecule has 3 N–H and O–H groups in total. The number of carboxylic acid groups (broad SMARTS) is 1. The molecule has 182 valence electrons. The second kappa shape index (κ2) is 10.4. The lowest BCUT2D eigenvalue weighted by atomic mass is 9.99. The van der Waals surface area contributed by atoms with Crippen LogP contribution in [-0.2, 0) is 17.8 Å². The minimum absolute atomic E-state index is 0.0299. The van der Waals surface area contributed by atoms with Crippen molar-refractivity contribution in [2.45, 2.75) is 32.8 Å². The molecule has 1 heterocycles. The van der Waals surface area contributed by atoms with E-state index in [1.54, 1.807) is 18.2 Å². The highest BCUT2D eigenvalue weighted by Crippen LogP contribution is 2.35. The number of nitrogens with one attached hydrogen (secondary N) is 1. The third-order valence-electron chi connectivity index (χ3n) is 5.96. The maximum Gasteiger partial charge on any atom is 0.307 e. The summed E-state index contributed by atoms with van der Waals surface area (Å²) in [4.78, 5) is 24.1. The van der Waals surface area contributed by atoms with Gasteiger partial charge in [0.05, 0.1) is 42.9 Å². The monoisotopic (exact) mass is 495 g/mol. The molecule has 0 spiro atoms. The summed E-state index contributed by atoms with van der Waals surface area (Å²) in [5.74, 6) is 0.190. The molecule has 4 rings (SSSR count). The van der Waals surface area contributed by atoms with Crippen LogP contribution >= 0.6 is 11.6 Å². The number of aryl methyl sites for hydroxylation is 2. The lowest BCUT2D eigenvalue weighted by Gasteiger charge is -2.16. The summed E-state index contributed by atoms with van der Waals surface area (Å²) in [7, 11) is 0. The number of hydrogen-bond donors (Lipinski definition) is 3. The van der Waals surface area contributed by atoms with E-state index in [1.807, 2.05) is 44.2 Å². The molecule has 3 aromatic carbocycles. The van der Waals surface area contributed by atoms with Gasteiger partial charge >= 0.3 is 5.97 Å². The van der Waals surface area contributed by atoms with Crippen LogP contribution in [0.5, 0.6) is 11.5 Å². The van der Waals surface area contributed by atoms with Gasteiger partial charge in [0.15, 0.2) is 0 Å². The molecule has 1 atom stereocenters. The first kappa shape index (κ1) is 24.6. The first-order chi connectivity index (χ1) is 16.7. The first-order valence-electron chi connectivity index (χ1n) is 11.2. The number of carbonyl (C=O) groups excluding carboxylic acids is 1. The third-order valence-corrected chi connectivity index (χ3v) is 6.28. The van der Waals surface area contributed by atoms with Crippen LogP contribution in [0.4, 0.5) is 5.69 Å². The SMILES string of the molecule is Cc1cc(OC[C@@H]2COc3ccc(CO)cc32)cc(C)c1C(=O)Nc1cc(CC(=O)O)ccc1Cl. The zero-order chi connectivity index (χ0) is 25.1. The van der Waals surface area contributed by atoms with Crippen molar-refractivity contribution in [2.75, 3.05) is 18.5 Å². The van der Waals surface area contributed by atoms with Gasteiger partial charge in [-0.3, -0.25) is 9.59 Å². The molecule has 0 saturated heterocycles. The van der Waals surface area contributed by atoms with Crippen molar-refractivity contribution in [3.8, 4) is 11.5 Å². The van der Waals surface area contributed by atoms with Crippen LogP contribution < -0.4 is 14.8 Å². The van der Waals surface area contributed by atoms with Gasteiger partial charge in [0.1, 0.15) is 11.5 Å². The summed E-state index contributed by atoms with van der Waals surface area (Å²) in [5.41, 5.74) is 4.72. The molecule has 0 fully saturated rings. The lowest BCUT2D eigenvalue weighted by Crippen LogP contribution is -2.16. The lowest BCUT2D eigenvalue weighted by molar-refractivity contribution is -0.136. The van der Waals surface area contributed by atoms with Gasteiger partial charge in [-0.05, 0) is 72.5 Å². The predicted molar refractivity (Wildman–Crippen MR) is 133 cm³/mol. The number of carbonyl (C=O) groups is 2. The molecule has 0 radical (unpaired) electrons. The van der Waals surface area contributed by atoms with Crippen LogP contribution in [0, 0.1) is 13.8 Å². The van der Waals surface area contributed by atoms with Gasteiger partial charge in [0.25, 0.3) is 5.91 Å². The number of ether oxygens (including phenoxy) is 2. The fourth-order valence-corrected chi connectivity index (χ4v) is 4.43. The molecule has 0 aromatic heterocycles. The van der Waals surface area contributed by atoms with Gasteiger partial charge in [0, 0.05) is 11.1 Å². The Balaban J connectivity index is 1.47. The fraction of sp³-hybridized carbons (Fsp3) is 0.259. The second-order valence-corrected chi connectivity index (χ2v) is 9.03. The molecule has 7 nitrogen and oxygen atoms in total. The van der Waals surface area contributed by atoms with Crippen LogP contribution in [0.1, 0.15) is 44.1 Å². The molecule has 0 aliphatic carbocycles. The Morgan fingerprint density at radius 2 is 1.80 bits per heavy atom. The van der Waals surface area contributed by atoms with Gasteiger partial charge in [-0.25, -0.2) is 0 Å². The molecular formula is C27H26ClNO6. The number of rotatable bonds is 8. The van der Waals surface area contributed by atoms with Crippen LogP contribution in [0.2, 0.25) is 5.02 Å². The summed E-state index contributed by atoms with van der Waals surface area (Å²) in [6.45, 7) is 4.54. The van der Waals surface area contributed by atoms with Crippen molar-refractivity contribution in [1.29, 1.82) is 0 Å². The van der Waals surface area contributed by atoms with E-state index < -0.39 is 5.97 Å². The van der Waals surface area contributed by atoms with Gasteiger partial charge in [-0.2, -0.15) is 0 Å². The van der Waals surface area contributed by atoms with E-state index in [0.717, 1.165) is 28.0 Å². The average Bonchev–Trinajstić information content (AvgIpc) is 3.21. The van der Waals surface area contributed by atoms with Crippen molar-refractivity contribution in [3.05, 3.63) is 86.9 Å². The summed E-state index contributed by atoms with van der Waals surface area (Å²) >= 11 is 6.22. The summed E-state index contributed by atoms with van der Waals surface area (Å²) < 4.78 is 11.8. The van der Waals surface area contributed by atoms with E-state index in [9.17, 15) is 14.7 Å². The van der Waals surface area contributed by atoms with Gasteiger partial charge in [-0.15, -0.1) is 0 Å². The standard InChI is InChI=1S/C27H26ClNO6/c1-15-7-20(34-13-19-14-35-24-6-4-18(12-30)9-21(19)24)8-16(2)26(15)27(33)29-23-10-17(11-25(31)32)3-5-22(23)28/h3-10,19,30H,11-14H2,1-2H3,(H,29,33)(H,31,32)/t19-/m1/s1. The van der Waals surface area contributed by atoms with E-state index in [-0.39, 0.29) is 24.9 Å². The van der Waals surface area contributed by atoms with Crippen molar-refractivity contribution in [2.24, 2.45) is 0 Å². The number of aliphatic hydroxyl groups is 1. The van der Waals surface area contributed by atoms with Crippen LogP contribution in [0.25, 0.3) is 0 Å². The summed E-state index contributed by atoms with van der Waals surface area (Å²) in [5, 5.41) is 21.6. The quantitative estimate of drug-likeness (QED) is 0.411. The Kier molecular flexibility index (Phi) is 7.28. The van der Waals surface area contributed by atoms with E-state index in [1.165, 1.54) is 0 Å². The largest absolute Gasteiger partial charge is 0.493 e. The molecule has 8 heteroatoms. The smallest absolute Gasteiger partial charge is 0.307 e. The van der Waals surface area contributed by atoms with Crippen molar-refractivity contribution >= 4 is 29.2 Å². The fourth-order valence-electron chi connectivity index (χ4n) is 4.26. The molecular weight excluding hydrogens is 470 g/mol. The number of halogens is 1. The van der Waals surface area contributed by atoms with E-state index in [0.29, 0.717) is 40.8 Å². The minimum atomic E-state index is -0.964. The van der Waals surface area contributed by atoms with Gasteiger partial charge in [0.2, 0.25) is 0 Å². The van der Waals surface area contributed by atoms with Crippen LogP contribution in [-0.4, -0.2) is 35.3 Å². The number of fused-ring (bicyclic) bond motifs is 1. The number of aliphatic hydroxyl groups excluding tert-OH is 1. The zero-order valence-corrected chi connectivity index (χ0v) is 20.2. The van der Waals surface area contributed by atoms with Crippen LogP contribution in [0.15, 0.2) is 48.5 Å². The van der Waals surface area contributed by atoms with Crippen molar-refractivity contribution < 1.29 is 29.3 Å². The molecule has 0 bridgehead atoms. The third kappa shape index (κ3) is 5.58. The predicted octanol–water partition coefficient (Wildman–Crippen LogP) is 4.88. The van der Waals surface area contributed by atoms with Gasteiger partial charge in [-0.1, -0.05) is 23.7 Å². The number of carboxylic acids is 1. The Morgan fingerprint density at radius 1 is 1.09 bits per heavy atom. The van der Waals surface area contributed by atoms with Crippen LogP contribution in [0.3, 0.4) is 0 Å². The molecule has 1 aliphatic rings. The highest BCUT2D eigenvalue weighted by Gasteiger charge is 2.25. The number of anilines is 1. The number of hydrogen-bond acceptors (Lipinski definition) is 5. The maximum absolute atomic E-state index is 13.1. The molecule has 3 aromatic rings. The number of benzene rings is 3. The summed E-state index contributed by atoms with van der Waals surface area (Å²) in [6, 6.07) is 14.0. The normalized spacial score (nSPS) is 14.2. The summed E-state index contributed by atoms with van der Waals surface area (Å²) in [6.07, 6.45) is -0.165. The van der Waals surface area contributed by atoms with Crippen molar-refractivity contribution in [1.82, 2.24) is 0 Å². The Bertz CT molecular complexity index is 1270. The molecule has 0 saturated carbocycles. The Morgan fingerprint density at radius 3 is 2.49 bits per heavy atom. The minimum Gasteiger partial charge on any atom is -0.493 e. The Labute approximate surface area is 208 Å². The van der Waals surface area contributed by atoms with Crippen molar-refractivity contribution in [3.63, 3.8) is 0 Å². The molecule has 35 heavy (non-hydrogen) atoms. The number of amides is 1. The molecule has 1 aliphatic heterocycles. The van der Waals surface area contributed by atoms with Gasteiger partial charge < -0.3 is 25.0 Å². The highest BCUT2D eigenvalue weighted by atomic mass is 35.5. The highest BCUT2D eigenvalue weighted by molar-refractivity contribution is 6.34. The second-order valence-electron chi connectivity index (χ2n) is 8.62. The average molecular weight is 496 g/mol. The van der Waals surface area contributed by atoms with E-state index in [2.05, 4.69) is 5.32 Å². The van der Waals surface area contributed by atoms with E-state index in [4.69, 9.17) is 26.2 Å². The molecule has 0 unspecified atom stereocenters. The Hall–Kier alpha value is -3.55. The maximum atomic E-state index is 13.1. The number of aliphatic carboxylic acids is 1. The molecule has 1 amide bonds. The zero-order valence-electron chi connectivity index (χ0n) is 19.4. The topological polar surface area (TPSA) is 105 Å². The van der Waals surface area contributed by atoms with E-state index >= 15 is 0 Å².